The normalized spacial score (nSPS) is 18.0. The lowest BCUT2D eigenvalue weighted by atomic mass is 10.2. The summed E-state index contributed by atoms with van der Waals surface area (Å²) in [4.78, 5) is 25.7. The molecular formula is C18H27N3O4. The lowest BCUT2D eigenvalue weighted by Crippen LogP contribution is -2.37. The van der Waals surface area contributed by atoms with Gasteiger partial charge < -0.3 is 20.5 Å². The SMILES string of the molecule is CC(C)(C)OC(=O)NCC(=O)Nc1cccc(CN2CC[C@@H](O)C2)c1. The number of aliphatic hydroxyl groups is 1. The maximum atomic E-state index is 12.0. The van der Waals surface area contributed by atoms with Crippen molar-refractivity contribution in [3.05, 3.63) is 29.8 Å². The van der Waals surface area contributed by atoms with E-state index < -0.39 is 11.7 Å². The fourth-order valence-electron chi connectivity index (χ4n) is 2.63. The van der Waals surface area contributed by atoms with Crippen molar-refractivity contribution >= 4 is 17.7 Å². The van der Waals surface area contributed by atoms with Crippen LogP contribution in [-0.4, -0.2) is 53.3 Å². The van der Waals surface area contributed by atoms with Crippen LogP contribution >= 0.6 is 0 Å². The molecule has 2 amide bonds. The van der Waals surface area contributed by atoms with Gasteiger partial charge in [-0.05, 0) is 44.9 Å². The summed E-state index contributed by atoms with van der Waals surface area (Å²) in [6.45, 7) is 7.41. The number of likely N-dealkylation sites (tertiary alicyclic amines) is 1. The van der Waals surface area contributed by atoms with Crippen LogP contribution in [0.1, 0.15) is 32.8 Å². The van der Waals surface area contributed by atoms with E-state index >= 15 is 0 Å². The Morgan fingerprint density at radius 1 is 1.36 bits per heavy atom. The third-order valence-electron chi connectivity index (χ3n) is 3.66. The number of carbonyl (C=O) groups is 2. The second kappa shape index (κ2) is 8.31. The highest BCUT2D eigenvalue weighted by molar-refractivity contribution is 5.93. The van der Waals surface area contributed by atoms with Crippen molar-refractivity contribution in [3.63, 3.8) is 0 Å². The first-order valence-corrected chi connectivity index (χ1v) is 8.47. The summed E-state index contributed by atoms with van der Waals surface area (Å²) in [7, 11) is 0. The van der Waals surface area contributed by atoms with Gasteiger partial charge in [0.2, 0.25) is 5.91 Å². The van der Waals surface area contributed by atoms with Gasteiger partial charge in [0.15, 0.2) is 0 Å². The third kappa shape index (κ3) is 7.11. The quantitative estimate of drug-likeness (QED) is 0.753. The highest BCUT2D eigenvalue weighted by Crippen LogP contribution is 2.16. The van der Waals surface area contributed by atoms with Crippen LogP contribution in [-0.2, 0) is 16.1 Å². The van der Waals surface area contributed by atoms with Crippen LogP contribution in [0.25, 0.3) is 0 Å². The first kappa shape index (κ1) is 19.2. The van der Waals surface area contributed by atoms with Crippen LogP contribution in [0.5, 0.6) is 0 Å². The molecule has 0 spiro atoms. The van der Waals surface area contributed by atoms with E-state index in [2.05, 4.69) is 15.5 Å². The predicted molar refractivity (Wildman–Crippen MR) is 95.2 cm³/mol. The second-order valence-electron chi connectivity index (χ2n) is 7.28. The molecule has 2 rings (SSSR count). The molecule has 138 valence electrons. The summed E-state index contributed by atoms with van der Waals surface area (Å²) in [5, 5.41) is 14.8. The minimum Gasteiger partial charge on any atom is -0.444 e. The summed E-state index contributed by atoms with van der Waals surface area (Å²) in [5.74, 6) is -0.320. The molecule has 1 fully saturated rings. The van der Waals surface area contributed by atoms with Gasteiger partial charge in [-0.1, -0.05) is 12.1 Å². The summed E-state index contributed by atoms with van der Waals surface area (Å²) in [6, 6.07) is 7.56. The van der Waals surface area contributed by atoms with Gasteiger partial charge >= 0.3 is 6.09 Å². The molecule has 25 heavy (non-hydrogen) atoms. The standard InChI is InChI=1S/C18H27N3O4/c1-18(2,3)25-17(24)19-10-16(23)20-14-6-4-5-13(9-14)11-21-8-7-15(22)12-21/h4-6,9,15,22H,7-8,10-12H2,1-3H3,(H,19,24)(H,20,23)/t15-/m1/s1. The third-order valence-corrected chi connectivity index (χ3v) is 3.66. The predicted octanol–water partition coefficient (Wildman–Crippen LogP) is 1.72. The van der Waals surface area contributed by atoms with E-state index in [4.69, 9.17) is 4.74 Å². The summed E-state index contributed by atoms with van der Waals surface area (Å²) >= 11 is 0. The van der Waals surface area contributed by atoms with E-state index in [9.17, 15) is 14.7 Å². The van der Waals surface area contributed by atoms with E-state index in [0.717, 1.165) is 25.1 Å². The number of hydrogen-bond acceptors (Lipinski definition) is 5. The zero-order valence-corrected chi connectivity index (χ0v) is 15.0. The molecule has 1 saturated heterocycles. The fourth-order valence-corrected chi connectivity index (χ4v) is 2.63. The molecule has 1 aromatic carbocycles. The Labute approximate surface area is 148 Å². The molecule has 0 saturated carbocycles. The van der Waals surface area contributed by atoms with Gasteiger partial charge in [0, 0.05) is 25.3 Å². The Morgan fingerprint density at radius 3 is 2.76 bits per heavy atom. The maximum absolute atomic E-state index is 12.0. The summed E-state index contributed by atoms with van der Waals surface area (Å²) < 4.78 is 5.08. The molecule has 1 atom stereocenters. The van der Waals surface area contributed by atoms with Crippen LogP contribution < -0.4 is 10.6 Å². The number of alkyl carbamates (subject to hydrolysis) is 1. The average molecular weight is 349 g/mol. The van der Waals surface area contributed by atoms with Crippen LogP contribution in [0.4, 0.5) is 10.5 Å². The van der Waals surface area contributed by atoms with Crippen molar-refractivity contribution in [1.82, 2.24) is 10.2 Å². The molecule has 7 nitrogen and oxygen atoms in total. The van der Waals surface area contributed by atoms with Gasteiger partial charge in [0.25, 0.3) is 0 Å². The minimum absolute atomic E-state index is 0.155. The summed E-state index contributed by atoms with van der Waals surface area (Å²) in [5.41, 5.74) is 1.14. The Kier molecular flexibility index (Phi) is 6.39. The molecular weight excluding hydrogens is 322 g/mol. The number of aliphatic hydroxyl groups excluding tert-OH is 1. The maximum Gasteiger partial charge on any atom is 0.408 e. The zero-order valence-electron chi connectivity index (χ0n) is 15.0. The number of amides is 2. The molecule has 7 heteroatoms. The van der Waals surface area contributed by atoms with Crippen molar-refractivity contribution in [3.8, 4) is 0 Å². The minimum atomic E-state index is -0.621. The van der Waals surface area contributed by atoms with Crippen molar-refractivity contribution in [1.29, 1.82) is 0 Å². The lowest BCUT2D eigenvalue weighted by Gasteiger charge is -2.19. The Bertz CT molecular complexity index is 613. The van der Waals surface area contributed by atoms with Gasteiger partial charge in [-0.15, -0.1) is 0 Å². The highest BCUT2D eigenvalue weighted by Gasteiger charge is 2.20. The number of benzene rings is 1. The van der Waals surface area contributed by atoms with Crippen molar-refractivity contribution in [2.24, 2.45) is 0 Å². The molecule has 0 bridgehead atoms. The molecule has 0 aromatic heterocycles. The molecule has 0 unspecified atom stereocenters. The largest absolute Gasteiger partial charge is 0.444 e. The molecule has 1 aliphatic heterocycles. The van der Waals surface area contributed by atoms with E-state index in [1.54, 1.807) is 26.8 Å². The van der Waals surface area contributed by atoms with Crippen molar-refractivity contribution < 1.29 is 19.4 Å². The van der Waals surface area contributed by atoms with Crippen molar-refractivity contribution in [2.75, 3.05) is 25.0 Å². The number of hydrogen-bond donors (Lipinski definition) is 3. The zero-order chi connectivity index (χ0) is 18.4. The van der Waals surface area contributed by atoms with Crippen LogP contribution in [0.15, 0.2) is 24.3 Å². The number of carbonyl (C=O) groups excluding carboxylic acids is 2. The molecule has 0 radical (unpaired) electrons. The van der Waals surface area contributed by atoms with E-state index in [-0.39, 0.29) is 18.6 Å². The number of rotatable bonds is 5. The lowest BCUT2D eigenvalue weighted by molar-refractivity contribution is -0.115. The first-order chi connectivity index (χ1) is 11.7. The van der Waals surface area contributed by atoms with E-state index in [1.807, 2.05) is 18.2 Å². The Balaban J connectivity index is 1.80. The Hall–Kier alpha value is -2.12. The fraction of sp³-hybridized carbons (Fsp3) is 0.556. The number of ether oxygens (including phenoxy) is 1. The number of anilines is 1. The summed E-state index contributed by atoms with van der Waals surface area (Å²) in [6.07, 6.45) is -0.0712. The molecule has 1 heterocycles. The van der Waals surface area contributed by atoms with E-state index in [0.29, 0.717) is 12.2 Å². The van der Waals surface area contributed by atoms with Gasteiger partial charge in [-0.3, -0.25) is 9.69 Å². The number of nitrogens with zero attached hydrogens (tertiary/aromatic N) is 1. The van der Waals surface area contributed by atoms with Gasteiger partial charge in [-0.25, -0.2) is 4.79 Å². The first-order valence-electron chi connectivity index (χ1n) is 8.47. The average Bonchev–Trinajstić information content (AvgIpc) is 2.89. The molecule has 1 aromatic rings. The van der Waals surface area contributed by atoms with Crippen molar-refractivity contribution in [2.45, 2.75) is 45.4 Å². The van der Waals surface area contributed by atoms with Crippen LogP contribution in [0, 0.1) is 0 Å². The van der Waals surface area contributed by atoms with Crippen LogP contribution in [0.3, 0.4) is 0 Å². The van der Waals surface area contributed by atoms with Crippen LogP contribution in [0.2, 0.25) is 0 Å². The van der Waals surface area contributed by atoms with Gasteiger partial charge in [0.1, 0.15) is 12.1 Å². The smallest absolute Gasteiger partial charge is 0.408 e. The second-order valence-corrected chi connectivity index (χ2v) is 7.28. The van der Waals surface area contributed by atoms with Gasteiger partial charge in [-0.2, -0.15) is 0 Å². The molecule has 1 aliphatic rings. The molecule has 0 aliphatic carbocycles. The van der Waals surface area contributed by atoms with E-state index in [1.165, 1.54) is 0 Å². The highest BCUT2D eigenvalue weighted by atomic mass is 16.6. The topological polar surface area (TPSA) is 90.9 Å². The number of β-amino-alcohol motifs (C(OH)–C–C–N with tert-alkyl or cyclic N) is 1. The van der Waals surface area contributed by atoms with Gasteiger partial charge in [0.05, 0.1) is 6.10 Å². The monoisotopic (exact) mass is 349 g/mol. The Morgan fingerprint density at radius 2 is 2.12 bits per heavy atom. The molecule has 3 N–H and O–H groups in total. The number of nitrogens with one attached hydrogen (secondary N) is 2.